The Bertz CT molecular complexity index is 2480. The van der Waals surface area contributed by atoms with Gasteiger partial charge in [0.1, 0.15) is 12.0 Å². The number of amides is 3. The molecule has 3 fully saturated rings. The standard InChI is InChI=1S/C43H45N9O4/c1-23-18-27(8-10-31(23)24(2)48-41(55)39-51-42(56-52-39)43(3)14-15-43)37-36-33-11-9-29(21-34(33)49-38(36)47-22-46-37)44-16-17-45-30-19-28(20-30)25-4-6-26(7-5-25)32-12-13-35(53)50-40(32)54/h4-11,18,21-22,24,28,30,32,44-45H,12-17,19-20H2,1-3H3,(H,48,55)(H,46,47,49)(H,50,53,54)/t24-,28?,30?,32+/m1/s1. The summed E-state index contributed by atoms with van der Waals surface area (Å²) >= 11 is 0. The second-order valence-electron chi connectivity index (χ2n) is 16.0. The molecule has 2 atom stereocenters. The van der Waals surface area contributed by atoms with Gasteiger partial charge in [0.15, 0.2) is 0 Å². The quantitative estimate of drug-likeness (QED) is 0.0686. The zero-order chi connectivity index (χ0) is 38.6. The molecular weight excluding hydrogens is 707 g/mol. The van der Waals surface area contributed by atoms with Crippen LogP contribution in [-0.4, -0.2) is 61.9 Å². The van der Waals surface area contributed by atoms with E-state index in [0.29, 0.717) is 30.7 Å². The molecule has 13 nitrogen and oxygen atoms in total. The summed E-state index contributed by atoms with van der Waals surface area (Å²) in [6.45, 7) is 7.69. The van der Waals surface area contributed by atoms with Crippen LogP contribution in [0.1, 0.15) is 109 Å². The van der Waals surface area contributed by atoms with Crippen molar-refractivity contribution < 1.29 is 18.9 Å². The summed E-state index contributed by atoms with van der Waals surface area (Å²) < 4.78 is 5.37. The smallest absolute Gasteiger partial charge is 0.293 e. The van der Waals surface area contributed by atoms with E-state index in [-0.39, 0.29) is 40.9 Å². The van der Waals surface area contributed by atoms with Crippen molar-refractivity contribution in [3.05, 3.63) is 101 Å². The Morgan fingerprint density at radius 2 is 1.80 bits per heavy atom. The fourth-order valence-corrected chi connectivity index (χ4v) is 8.22. The number of piperidine rings is 1. The number of hydrogen-bond acceptors (Lipinski definition) is 10. The molecule has 3 aromatic carbocycles. The number of anilines is 1. The molecule has 2 saturated carbocycles. The van der Waals surface area contributed by atoms with Crippen molar-refractivity contribution in [3.63, 3.8) is 0 Å². The molecule has 5 N–H and O–H groups in total. The Labute approximate surface area is 323 Å². The number of carbonyl (C=O) groups excluding carboxylic acids is 3. The first-order valence-corrected chi connectivity index (χ1v) is 19.5. The van der Waals surface area contributed by atoms with Crippen molar-refractivity contribution in [2.45, 2.75) is 88.6 Å². The summed E-state index contributed by atoms with van der Waals surface area (Å²) in [5.74, 6) is 0.126. The van der Waals surface area contributed by atoms with Crippen molar-refractivity contribution in [2.75, 3.05) is 18.4 Å². The van der Waals surface area contributed by atoms with Gasteiger partial charge in [-0.2, -0.15) is 4.98 Å². The molecule has 286 valence electrons. The van der Waals surface area contributed by atoms with E-state index in [1.54, 1.807) is 6.33 Å². The molecule has 0 radical (unpaired) electrons. The number of hydrogen-bond donors (Lipinski definition) is 5. The molecule has 3 aromatic heterocycles. The van der Waals surface area contributed by atoms with Gasteiger partial charge in [0.05, 0.1) is 23.0 Å². The zero-order valence-electron chi connectivity index (χ0n) is 31.7. The van der Waals surface area contributed by atoms with E-state index in [9.17, 15) is 14.4 Å². The van der Waals surface area contributed by atoms with Crippen LogP contribution in [-0.2, 0) is 15.0 Å². The number of aromatic nitrogens is 5. The van der Waals surface area contributed by atoms with Crippen LogP contribution in [0, 0.1) is 6.92 Å². The normalized spacial score (nSPS) is 20.7. The lowest BCUT2D eigenvalue weighted by molar-refractivity contribution is -0.134. The number of nitrogens with one attached hydrogen (secondary N) is 5. The third-order valence-electron chi connectivity index (χ3n) is 12.0. The summed E-state index contributed by atoms with van der Waals surface area (Å²) in [6.07, 6.45) is 6.71. The molecular formula is C43H45N9O4. The van der Waals surface area contributed by atoms with Crippen LogP contribution in [0.15, 0.2) is 71.5 Å². The van der Waals surface area contributed by atoms with Gasteiger partial charge in [-0.15, -0.1) is 0 Å². The lowest BCUT2D eigenvalue weighted by Gasteiger charge is -2.36. The van der Waals surface area contributed by atoms with Crippen LogP contribution >= 0.6 is 0 Å². The molecule has 2 aliphatic carbocycles. The molecule has 6 aromatic rings. The third kappa shape index (κ3) is 6.91. The van der Waals surface area contributed by atoms with Crippen LogP contribution in [0.5, 0.6) is 0 Å². The Kier molecular flexibility index (Phi) is 9.11. The number of benzene rings is 3. The minimum atomic E-state index is -0.359. The molecule has 1 aliphatic heterocycles. The maximum atomic E-state index is 12.9. The fourth-order valence-electron chi connectivity index (χ4n) is 8.22. The largest absolute Gasteiger partial charge is 0.384 e. The molecule has 0 spiro atoms. The van der Waals surface area contributed by atoms with Crippen molar-refractivity contribution in [2.24, 2.45) is 0 Å². The van der Waals surface area contributed by atoms with Crippen LogP contribution in [0.3, 0.4) is 0 Å². The van der Waals surface area contributed by atoms with Gasteiger partial charge in [0.25, 0.3) is 11.7 Å². The molecule has 3 aliphatic rings. The first kappa shape index (κ1) is 35.7. The van der Waals surface area contributed by atoms with E-state index >= 15 is 0 Å². The first-order chi connectivity index (χ1) is 27.1. The van der Waals surface area contributed by atoms with Gasteiger partial charge in [-0.1, -0.05) is 54.5 Å². The number of rotatable bonds is 12. The average molecular weight is 752 g/mol. The summed E-state index contributed by atoms with van der Waals surface area (Å²) in [5, 5.41) is 18.7. The Morgan fingerprint density at radius 1 is 1.00 bits per heavy atom. The molecule has 4 heterocycles. The fraction of sp³-hybridized carbons (Fsp3) is 0.372. The van der Waals surface area contributed by atoms with Gasteiger partial charge in [-0.3, -0.25) is 19.7 Å². The second kappa shape index (κ2) is 14.3. The summed E-state index contributed by atoms with van der Waals surface area (Å²) in [5.41, 5.74) is 8.80. The highest BCUT2D eigenvalue weighted by Crippen LogP contribution is 2.46. The van der Waals surface area contributed by atoms with Crippen LogP contribution in [0.4, 0.5) is 5.69 Å². The average Bonchev–Trinajstić information content (AvgIpc) is 3.55. The number of carbonyl (C=O) groups is 3. The maximum Gasteiger partial charge on any atom is 0.293 e. The summed E-state index contributed by atoms with van der Waals surface area (Å²) in [4.78, 5) is 53.8. The highest BCUT2D eigenvalue weighted by molar-refractivity contribution is 6.12. The van der Waals surface area contributed by atoms with Gasteiger partial charge in [0.2, 0.25) is 17.7 Å². The van der Waals surface area contributed by atoms with E-state index in [1.165, 1.54) is 5.56 Å². The molecule has 56 heavy (non-hydrogen) atoms. The van der Waals surface area contributed by atoms with Crippen LogP contribution in [0.2, 0.25) is 0 Å². The van der Waals surface area contributed by atoms with Crippen molar-refractivity contribution in [3.8, 4) is 11.3 Å². The SMILES string of the molecule is Cc1cc(-c2ncnc3[nH]c4cc(NCCNC5CC(c6ccc([C@@H]7CCC(=O)NC7=O)cc6)C5)ccc4c23)ccc1[C@@H](C)NC(=O)c1noc(C2(C)CC2)n1. The molecule has 13 heteroatoms. The minimum Gasteiger partial charge on any atom is -0.384 e. The van der Waals surface area contributed by atoms with E-state index < -0.39 is 0 Å². The van der Waals surface area contributed by atoms with Crippen molar-refractivity contribution >= 4 is 45.3 Å². The molecule has 0 unspecified atom stereocenters. The van der Waals surface area contributed by atoms with E-state index in [0.717, 1.165) is 94.3 Å². The first-order valence-electron chi connectivity index (χ1n) is 19.5. The number of aromatic amines is 1. The lowest BCUT2D eigenvalue weighted by atomic mass is 9.75. The van der Waals surface area contributed by atoms with Gasteiger partial charge in [-0.25, -0.2) is 9.97 Å². The highest BCUT2D eigenvalue weighted by Gasteiger charge is 2.45. The summed E-state index contributed by atoms with van der Waals surface area (Å²) in [6, 6.07) is 21.1. The number of aryl methyl sites for hydroxylation is 1. The molecule has 9 rings (SSSR count). The lowest BCUT2D eigenvalue weighted by Crippen LogP contribution is -2.42. The molecule has 0 bridgehead atoms. The number of imide groups is 1. The van der Waals surface area contributed by atoms with Gasteiger partial charge >= 0.3 is 0 Å². The number of nitrogens with zero attached hydrogens (tertiary/aromatic N) is 4. The highest BCUT2D eigenvalue weighted by atomic mass is 16.5. The monoisotopic (exact) mass is 751 g/mol. The van der Waals surface area contributed by atoms with Crippen molar-refractivity contribution in [1.29, 1.82) is 0 Å². The predicted octanol–water partition coefficient (Wildman–Crippen LogP) is 6.48. The molecule has 1 saturated heterocycles. The number of H-pyrrole nitrogens is 1. The maximum absolute atomic E-state index is 12.9. The topological polar surface area (TPSA) is 180 Å². The second-order valence-corrected chi connectivity index (χ2v) is 16.0. The molecule has 3 amide bonds. The number of fused-ring (bicyclic) bond motifs is 3. The predicted molar refractivity (Wildman–Crippen MR) is 212 cm³/mol. The third-order valence-corrected chi connectivity index (χ3v) is 12.0. The summed E-state index contributed by atoms with van der Waals surface area (Å²) in [7, 11) is 0. The zero-order valence-corrected chi connectivity index (χ0v) is 31.7. The van der Waals surface area contributed by atoms with Gasteiger partial charge in [-0.05, 0) is 92.3 Å². The van der Waals surface area contributed by atoms with Crippen molar-refractivity contribution in [1.82, 2.24) is 41.0 Å². The van der Waals surface area contributed by atoms with Crippen LogP contribution < -0.4 is 21.3 Å². The van der Waals surface area contributed by atoms with E-state index in [2.05, 4.69) is 84.7 Å². The minimum absolute atomic E-state index is 0.0598. The Morgan fingerprint density at radius 3 is 2.57 bits per heavy atom. The van der Waals surface area contributed by atoms with E-state index in [4.69, 9.17) is 9.51 Å². The van der Waals surface area contributed by atoms with Gasteiger partial charge in [0, 0.05) is 53.1 Å². The van der Waals surface area contributed by atoms with Gasteiger partial charge < -0.3 is 25.5 Å². The van der Waals surface area contributed by atoms with Crippen LogP contribution in [0.25, 0.3) is 33.2 Å². The van der Waals surface area contributed by atoms with E-state index in [1.807, 2.05) is 38.1 Å². The Balaban J connectivity index is 0.792. The Hall–Kier alpha value is -5.95.